The van der Waals surface area contributed by atoms with E-state index in [-0.39, 0.29) is 12.4 Å². The van der Waals surface area contributed by atoms with Crippen molar-refractivity contribution in [3.8, 4) is 0 Å². The summed E-state index contributed by atoms with van der Waals surface area (Å²) in [7, 11) is 1.82. The van der Waals surface area contributed by atoms with Crippen molar-refractivity contribution in [2.45, 2.75) is 44.7 Å². The molecule has 0 heterocycles. The van der Waals surface area contributed by atoms with Crippen LogP contribution in [-0.2, 0) is 0 Å². The number of halogens is 2. The van der Waals surface area contributed by atoms with E-state index in [1.807, 2.05) is 7.05 Å². The smallest absolute Gasteiger partial charge is 0.113 e. The fourth-order valence-electron chi connectivity index (χ4n) is 3.08. The molecule has 14 heavy (non-hydrogen) atoms. The van der Waals surface area contributed by atoms with Gasteiger partial charge in [-0.1, -0.05) is 6.42 Å². The molecule has 1 N–H and O–H groups in total. The van der Waals surface area contributed by atoms with E-state index in [0.29, 0.717) is 17.9 Å². The highest BCUT2D eigenvalue weighted by molar-refractivity contribution is 5.85. The summed E-state index contributed by atoms with van der Waals surface area (Å²) in [6.07, 6.45) is 7.07. The molecule has 1 spiro atoms. The minimum Gasteiger partial charge on any atom is -0.317 e. The van der Waals surface area contributed by atoms with Crippen molar-refractivity contribution >= 4 is 12.4 Å². The molecule has 0 amide bonds. The second-order valence-electron chi connectivity index (χ2n) is 5.02. The standard InChI is InChI=1S/C11H20FN.ClH/c1-13-8-10(12)5-9-6-11(7-9)3-2-4-11;/h9-10,13H,2-8H2,1H3;1H. The molecule has 0 aromatic rings. The maximum Gasteiger partial charge on any atom is 0.113 e. The van der Waals surface area contributed by atoms with Gasteiger partial charge in [0.1, 0.15) is 6.17 Å². The van der Waals surface area contributed by atoms with E-state index in [1.165, 1.54) is 32.1 Å². The van der Waals surface area contributed by atoms with E-state index in [2.05, 4.69) is 5.32 Å². The van der Waals surface area contributed by atoms with Gasteiger partial charge in [0, 0.05) is 6.54 Å². The van der Waals surface area contributed by atoms with Crippen molar-refractivity contribution in [2.24, 2.45) is 11.3 Å². The van der Waals surface area contributed by atoms with Gasteiger partial charge in [0.05, 0.1) is 0 Å². The zero-order valence-corrected chi connectivity index (χ0v) is 9.71. The molecule has 3 heteroatoms. The van der Waals surface area contributed by atoms with Gasteiger partial charge in [-0.25, -0.2) is 4.39 Å². The first-order valence-corrected chi connectivity index (χ1v) is 5.53. The van der Waals surface area contributed by atoms with Gasteiger partial charge in [-0.05, 0) is 50.5 Å². The summed E-state index contributed by atoms with van der Waals surface area (Å²) in [5.41, 5.74) is 0.712. The third kappa shape index (κ3) is 2.40. The first-order chi connectivity index (χ1) is 6.24. The number of hydrogen-bond acceptors (Lipinski definition) is 1. The molecule has 0 radical (unpaired) electrons. The van der Waals surface area contributed by atoms with Crippen molar-refractivity contribution in [3.05, 3.63) is 0 Å². The van der Waals surface area contributed by atoms with Crippen LogP contribution in [0.4, 0.5) is 4.39 Å². The molecule has 0 bridgehead atoms. The molecule has 1 nitrogen and oxygen atoms in total. The molecule has 2 fully saturated rings. The van der Waals surface area contributed by atoms with Gasteiger partial charge in [0.2, 0.25) is 0 Å². The van der Waals surface area contributed by atoms with Gasteiger partial charge >= 0.3 is 0 Å². The second-order valence-corrected chi connectivity index (χ2v) is 5.02. The maximum absolute atomic E-state index is 13.2. The number of alkyl halides is 1. The van der Waals surface area contributed by atoms with Crippen LogP contribution in [0.1, 0.15) is 38.5 Å². The monoisotopic (exact) mass is 221 g/mol. The zero-order valence-electron chi connectivity index (χ0n) is 8.89. The lowest BCUT2D eigenvalue weighted by Gasteiger charge is -2.54. The highest BCUT2D eigenvalue weighted by atomic mass is 35.5. The highest BCUT2D eigenvalue weighted by Crippen LogP contribution is 2.59. The Morgan fingerprint density at radius 1 is 1.43 bits per heavy atom. The Morgan fingerprint density at radius 2 is 2.07 bits per heavy atom. The fourth-order valence-corrected chi connectivity index (χ4v) is 3.08. The van der Waals surface area contributed by atoms with Gasteiger partial charge in [0.15, 0.2) is 0 Å². The molecule has 1 atom stereocenters. The van der Waals surface area contributed by atoms with Crippen LogP contribution in [0.5, 0.6) is 0 Å². The molecule has 84 valence electrons. The SMILES string of the molecule is CNCC(F)CC1CC2(CCC2)C1.Cl. The molecule has 1 unspecified atom stereocenters. The zero-order chi connectivity index (χ0) is 9.31. The Kier molecular flexibility index (Phi) is 4.20. The predicted molar refractivity (Wildman–Crippen MR) is 59.7 cm³/mol. The minimum atomic E-state index is -0.618. The van der Waals surface area contributed by atoms with E-state index < -0.39 is 6.17 Å². The molecule has 0 aromatic carbocycles. The van der Waals surface area contributed by atoms with Crippen LogP contribution in [0.3, 0.4) is 0 Å². The van der Waals surface area contributed by atoms with Crippen LogP contribution in [0.25, 0.3) is 0 Å². The Labute approximate surface area is 92.2 Å². The summed E-state index contributed by atoms with van der Waals surface area (Å²) in [5.74, 6) is 0.698. The highest BCUT2D eigenvalue weighted by Gasteiger charge is 2.48. The molecule has 0 aromatic heterocycles. The molecule has 2 rings (SSSR count). The Hall–Kier alpha value is 0.180. The van der Waals surface area contributed by atoms with Crippen molar-refractivity contribution in [2.75, 3.05) is 13.6 Å². The number of nitrogens with one attached hydrogen (secondary N) is 1. The molecule has 2 saturated carbocycles. The summed E-state index contributed by atoms with van der Waals surface area (Å²) in [5, 5.41) is 2.89. The lowest BCUT2D eigenvalue weighted by atomic mass is 9.51. The minimum absolute atomic E-state index is 0. The van der Waals surface area contributed by atoms with Gasteiger partial charge in [-0.15, -0.1) is 12.4 Å². The predicted octanol–water partition coefficient (Wildman–Crippen LogP) is 2.94. The second kappa shape index (κ2) is 4.80. The Morgan fingerprint density at radius 3 is 2.50 bits per heavy atom. The van der Waals surface area contributed by atoms with Crippen molar-refractivity contribution in [3.63, 3.8) is 0 Å². The maximum atomic E-state index is 13.2. The van der Waals surface area contributed by atoms with Crippen molar-refractivity contribution in [1.29, 1.82) is 0 Å². The normalized spacial score (nSPS) is 26.1. The van der Waals surface area contributed by atoms with E-state index in [0.717, 1.165) is 6.42 Å². The largest absolute Gasteiger partial charge is 0.317 e. The molecule has 0 saturated heterocycles. The van der Waals surface area contributed by atoms with Crippen LogP contribution < -0.4 is 5.32 Å². The van der Waals surface area contributed by atoms with Crippen LogP contribution in [-0.4, -0.2) is 19.8 Å². The lowest BCUT2D eigenvalue weighted by Crippen LogP contribution is -2.43. The van der Waals surface area contributed by atoms with Crippen LogP contribution in [0.2, 0.25) is 0 Å². The average molecular weight is 222 g/mol. The third-order valence-corrected chi connectivity index (χ3v) is 3.87. The average Bonchev–Trinajstić information content (AvgIpc) is 1.92. The van der Waals surface area contributed by atoms with Gasteiger partial charge in [-0.2, -0.15) is 0 Å². The van der Waals surface area contributed by atoms with Crippen LogP contribution in [0, 0.1) is 11.3 Å². The van der Waals surface area contributed by atoms with Crippen molar-refractivity contribution in [1.82, 2.24) is 5.32 Å². The third-order valence-electron chi connectivity index (χ3n) is 3.87. The van der Waals surface area contributed by atoms with Gasteiger partial charge < -0.3 is 5.32 Å². The van der Waals surface area contributed by atoms with E-state index in [4.69, 9.17) is 0 Å². The summed E-state index contributed by atoms with van der Waals surface area (Å²) >= 11 is 0. The topological polar surface area (TPSA) is 12.0 Å². The summed E-state index contributed by atoms with van der Waals surface area (Å²) in [6, 6.07) is 0. The van der Waals surface area contributed by atoms with E-state index in [9.17, 15) is 4.39 Å². The van der Waals surface area contributed by atoms with E-state index >= 15 is 0 Å². The number of hydrogen-bond donors (Lipinski definition) is 1. The Balaban J connectivity index is 0.000000980. The quantitative estimate of drug-likeness (QED) is 0.770. The first-order valence-electron chi connectivity index (χ1n) is 5.53. The summed E-state index contributed by atoms with van der Waals surface area (Å²) in [6.45, 7) is 0.531. The van der Waals surface area contributed by atoms with Crippen molar-refractivity contribution < 1.29 is 4.39 Å². The first kappa shape index (κ1) is 12.3. The summed E-state index contributed by atoms with van der Waals surface area (Å²) in [4.78, 5) is 0. The fraction of sp³-hybridized carbons (Fsp3) is 1.00. The molecule has 0 aliphatic heterocycles. The molecule has 2 aliphatic rings. The van der Waals surface area contributed by atoms with E-state index in [1.54, 1.807) is 0 Å². The van der Waals surface area contributed by atoms with Crippen LogP contribution >= 0.6 is 12.4 Å². The lowest BCUT2D eigenvalue weighted by molar-refractivity contribution is -0.0357. The Bertz CT molecular complexity index is 174. The molecular weight excluding hydrogens is 201 g/mol. The van der Waals surface area contributed by atoms with Gasteiger partial charge in [0.25, 0.3) is 0 Å². The number of rotatable bonds is 4. The van der Waals surface area contributed by atoms with Gasteiger partial charge in [-0.3, -0.25) is 0 Å². The molecule has 2 aliphatic carbocycles. The molecular formula is C11H21ClFN. The van der Waals surface area contributed by atoms with Crippen LogP contribution in [0.15, 0.2) is 0 Å². The summed E-state index contributed by atoms with van der Waals surface area (Å²) < 4.78 is 13.2.